The monoisotopic (exact) mass is 671 g/mol. The summed E-state index contributed by atoms with van der Waals surface area (Å²) in [5.74, 6) is 0. The van der Waals surface area contributed by atoms with Crippen molar-refractivity contribution in [3.63, 3.8) is 0 Å². The number of benzene rings is 4. The molecule has 4 aromatic carbocycles. The Hall–Kier alpha value is -4.05. The molecule has 0 saturated carbocycles. The van der Waals surface area contributed by atoms with Gasteiger partial charge in [0, 0.05) is 11.9 Å². The molecule has 5 heteroatoms. The Labute approximate surface area is 237 Å². The summed E-state index contributed by atoms with van der Waals surface area (Å²) in [6.07, 6.45) is 5.34. The normalized spacial score (nSPS) is 11.3. The molecule has 0 unspecified atom stereocenters. The molecule has 0 radical (unpaired) electrons. The van der Waals surface area contributed by atoms with Gasteiger partial charge >= 0.3 is 20.1 Å². The van der Waals surface area contributed by atoms with Crippen molar-refractivity contribution in [1.82, 2.24) is 9.55 Å². The molecule has 6 aromatic rings. The maximum atomic E-state index is 4.22. The Balaban J connectivity index is 0.000000191. The first kappa shape index (κ1) is 25.6. The number of hydrogen-bond acceptors (Lipinski definition) is 2. The maximum absolute atomic E-state index is 4.22. The van der Waals surface area contributed by atoms with Crippen LogP contribution in [0.25, 0.3) is 33.7 Å². The fourth-order valence-electron chi connectivity index (χ4n) is 4.92. The largest absolute Gasteiger partial charge is 3.00 e. The Kier molecular flexibility index (Phi) is 7.24. The molecule has 0 atom stereocenters. The molecule has 38 heavy (non-hydrogen) atoms. The molecule has 186 valence electrons. The number of pyridine rings is 1. The van der Waals surface area contributed by atoms with Crippen LogP contribution >= 0.6 is 0 Å². The van der Waals surface area contributed by atoms with Gasteiger partial charge in [-0.05, 0) is 56.5 Å². The van der Waals surface area contributed by atoms with Gasteiger partial charge in [0.15, 0.2) is 0 Å². The van der Waals surface area contributed by atoms with E-state index in [4.69, 9.17) is 0 Å². The van der Waals surface area contributed by atoms with E-state index in [-0.39, 0.29) is 20.1 Å². The molecule has 2 aromatic heterocycles. The second-order valence-electron chi connectivity index (χ2n) is 9.22. The van der Waals surface area contributed by atoms with E-state index in [2.05, 4.69) is 101 Å². The molecule has 0 aliphatic carbocycles. The van der Waals surface area contributed by atoms with Crippen molar-refractivity contribution in [3.8, 4) is 22.6 Å². The van der Waals surface area contributed by atoms with E-state index in [1.807, 2.05) is 54.6 Å². The molecule has 0 spiro atoms. The van der Waals surface area contributed by atoms with Crippen molar-refractivity contribution in [2.45, 2.75) is 13.8 Å². The van der Waals surface area contributed by atoms with Crippen LogP contribution in [-0.2, 0) is 20.1 Å². The minimum atomic E-state index is 0. The molecular weight excluding hydrogens is 645 g/mol. The van der Waals surface area contributed by atoms with Crippen LogP contribution in [0.2, 0.25) is 0 Å². The third-order valence-corrected chi connectivity index (χ3v) is 6.53. The predicted octanol–water partition coefficient (Wildman–Crippen LogP) is 6.75. The van der Waals surface area contributed by atoms with Crippen LogP contribution in [0.15, 0.2) is 103 Å². The van der Waals surface area contributed by atoms with Crippen LogP contribution in [0.4, 0.5) is 11.4 Å². The smallest absolute Gasteiger partial charge is 0.404 e. The second kappa shape index (κ2) is 10.7. The molecule has 0 bridgehead atoms. The minimum Gasteiger partial charge on any atom is -0.404 e. The van der Waals surface area contributed by atoms with Gasteiger partial charge in [-0.2, -0.15) is 24.3 Å². The fraction of sp³-hybridized carbons (Fsp3) is 0.0909. The van der Waals surface area contributed by atoms with Crippen molar-refractivity contribution >= 4 is 22.4 Å². The van der Waals surface area contributed by atoms with Gasteiger partial charge in [-0.25, -0.2) is 0 Å². The van der Waals surface area contributed by atoms with Crippen molar-refractivity contribution < 1.29 is 24.7 Å². The quantitative estimate of drug-likeness (QED) is 0.151. The van der Waals surface area contributed by atoms with Crippen LogP contribution in [0.5, 0.6) is 0 Å². The molecule has 4 nitrogen and oxygen atoms in total. The topological polar surface area (TPSA) is 24.9 Å². The summed E-state index contributed by atoms with van der Waals surface area (Å²) < 4.78 is 4.29. The Morgan fingerprint density at radius 3 is 2.26 bits per heavy atom. The molecule has 7 rings (SSSR count). The van der Waals surface area contributed by atoms with Gasteiger partial charge < -0.3 is 14.5 Å². The Morgan fingerprint density at radius 2 is 1.53 bits per heavy atom. The third-order valence-electron chi connectivity index (χ3n) is 6.53. The van der Waals surface area contributed by atoms with Gasteiger partial charge in [0.1, 0.15) is 5.52 Å². The van der Waals surface area contributed by atoms with Crippen LogP contribution in [-0.4, -0.2) is 16.6 Å². The number of hydrogen-bond donors (Lipinski definition) is 0. The number of nitrogens with zero attached hydrogens (tertiary/aromatic N) is 4. The summed E-state index contributed by atoms with van der Waals surface area (Å²) in [6, 6.07) is 39.4. The van der Waals surface area contributed by atoms with Crippen LogP contribution in [0.1, 0.15) is 11.1 Å². The zero-order valence-electron chi connectivity index (χ0n) is 21.4. The van der Waals surface area contributed by atoms with E-state index in [0.29, 0.717) is 0 Å². The van der Waals surface area contributed by atoms with Gasteiger partial charge in [0.05, 0.1) is 11.2 Å². The summed E-state index contributed by atoms with van der Waals surface area (Å²) in [4.78, 5) is 6.45. The first-order valence-corrected chi connectivity index (χ1v) is 12.3. The molecule has 0 fully saturated rings. The number of aromatic nitrogens is 3. The van der Waals surface area contributed by atoms with Crippen molar-refractivity contribution in [3.05, 3.63) is 133 Å². The molecular formula is C33H26IrN4+. The van der Waals surface area contributed by atoms with Gasteiger partial charge in [0.25, 0.3) is 6.33 Å². The van der Waals surface area contributed by atoms with Crippen molar-refractivity contribution in [2.75, 3.05) is 11.9 Å². The average molecular weight is 671 g/mol. The van der Waals surface area contributed by atoms with Gasteiger partial charge in [-0.1, -0.05) is 47.1 Å². The molecule has 0 N–H and O–H groups in total. The zero-order chi connectivity index (χ0) is 25.4. The van der Waals surface area contributed by atoms with Crippen molar-refractivity contribution in [2.24, 2.45) is 0 Å². The standard InChI is InChI=1S/C22H18N3.C11H8N.Ir/c1-15-11-16(2)13-17(12-15)24-14-25-19-8-5-4-7-18(19)23(3)20-9-6-10-21(24)22(20)25;1-2-6-10(7-3-1)11-8-4-5-9-12-11;/h4-7,9-13H,1-3H3;1-6,8-9H;/q2*-1;+3. The number of imidazole rings is 1. The first-order valence-electron chi connectivity index (χ1n) is 12.3. The van der Waals surface area contributed by atoms with Gasteiger partial charge in [-0.15, -0.1) is 35.9 Å². The Bertz CT molecular complexity index is 1650. The van der Waals surface area contributed by atoms with E-state index >= 15 is 0 Å². The summed E-state index contributed by atoms with van der Waals surface area (Å²) >= 11 is 0. The predicted molar refractivity (Wildman–Crippen MR) is 149 cm³/mol. The molecule has 1 aliphatic heterocycles. The van der Waals surface area contributed by atoms with E-state index < -0.39 is 0 Å². The van der Waals surface area contributed by atoms with Crippen LogP contribution in [0.3, 0.4) is 0 Å². The summed E-state index contributed by atoms with van der Waals surface area (Å²) in [6.45, 7) is 4.27. The molecule has 1 aliphatic rings. The summed E-state index contributed by atoms with van der Waals surface area (Å²) in [5, 5.41) is 0. The summed E-state index contributed by atoms with van der Waals surface area (Å²) in [5.41, 5.74) is 11.3. The molecule has 0 saturated heterocycles. The van der Waals surface area contributed by atoms with E-state index in [9.17, 15) is 0 Å². The molecule has 3 heterocycles. The van der Waals surface area contributed by atoms with Gasteiger partial charge in [0.2, 0.25) is 0 Å². The fourth-order valence-corrected chi connectivity index (χ4v) is 4.92. The molecule has 0 amide bonds. The SMILES string of the molecule is Cc1cc(C)cc(-n2[c-][n+]3c4c(cccc42)N(C)c2ccc[c-]c2-3)c1.[Ir+3].[c-]1ccccc1-c1ccccn1. The van der Waals surface area contributed by atoms with Crippen LogP contribution in [0, 0.1) is 32.3 Å². The third kappa shape index (κ3) is 4.67. The van der Waals surface area contributed by atoms with Gasteiger partial charge in [-0.3, -0.25) is 4.57 Å². The van der Waals surface area contributed by atoms with E-state index in [1.54, 1.807) is 6.20 Å². The number of rotatable bonds is 2. The maximum Gasteiger partial charge on any atom is 3.00 e. The van der Waals surface area contributed by atoms with Crippen molar-refractivity contribution in [1.29, 1.82) is 0 Å². The summed E-state index contributed by atoms with van der Waals surface area (Å²) in [7, 11) is 2.11. The first-order chi connectivity index (χ1) is 18.1. The number of fused-ring (bicyclic) bond motifs is 2. The van der Waals surface area contributed by atoms with E-state index in [1.165, 1.54) is 22.3 Å². The van der Waals surface area contributed by atoms with E-state index in [0.717, 1.165) is 33.8 Å². The van der Waals surface area contributed by atoms with Crippen LogP contribution < -0.4 is 9.47 Å². The number of para-hydroxylation sites is 2. The second-order valence-corrected chi connectivity index (χ2v) is 9.22. The minimum absolute atomic E-state index is 0. The average Bonchev–Trinajstić information content (AvgIpc) is 3.33. The number of aryl methyl sites for hydroxylation is 2. The number of anilines is 2. The zero-order valence-corrected chi connectivity index (χ0v) is 23.8. The Morgan fingerprint density at radius 1 is 0.763 bits per heavy atom.